The first-order valence-electron chi connectivity index (χ1n) is 11.4. The molecule has 1 aliphatic rings. The lowest BCUT2D eigenvalue weighted by Gasteiger charge is -2.30. The molecule has 1 amide bonds. The van der Waals surface area contributed by atoms with Crippen molar-refractivity contribution in [2.45, 2.75) is 44.7 Å². The van der Waals surface area contributed by atoms with Crippen molar-refractivity contribution < 1.29 is 9.21 Å². The Hall–Kier alpha value is -4.14. The number of aliphatic imine (C=N–C) groups is 1. The maximum atomic E-state index is 12.9. The quantitative estimate of drug-likeness (QED) is 0.262. The first-order chi connectivity index (χ1) is 16.5. The maximum absolute atomic E-state index is 12.9. The summed E-state index contributed by atoms with van der Waals surface area (Å²) >= 11 is 0. The predicted octanol–water partition coefficient (Wildman–Crippen LogP) is 3.93. The van der Waals surface area contributed by atoms with E-state index in [1.165, 1.54) is 0 Å². The van der Waals surface area contributed by atoms with Gasteiger partial charge in [0.2, 0.25) is 5.95 Å². The lowest BCUT2D eigenvalue weighted by molar-refractivity contribution is 0.0998. The van der Waals surface area contributed by atoms with Gasteiger partial charge in [-0.25, -0.2) is 9.98 Å². The molecule has 174 valence electrons. The number of carbonyl (C=O) groups excluding carboxylic acids is 1. The number of fused-ring (bicyclic) bond motifs is 2. The Morgan fingerprint density at radius 3 is 2.74 bits per heavy atom. The summed E-state index contributed by atoms with van der Waals surface area (Å²) < 4.78 is 5.69. The number of aryl methyl sites for hydroxylation is 1. The van der Waals surface area contributed by atoms with E-state index in [1.807, 2.05) is 49.4 Å². The Morgan fingerprint density at radius 1 is 1.09 bits per heavy atom. The zero-order valence-corrected chi connectivity index (χ0v) is 18.9. The normalized spacial score (nSPS) is 18.0. The number of furan rings is 1. The van der Waals surface area contributed by atoms with Gasteiger partial charge < -0.3 is 21.2 Å². The lowest BCUT2D eigenvalue weighted by Crippen LogP contribution is -2.38. The molecule has 0 aliphatic heterocycles. The largest absolute Gasteiger partial charge is 0.451 e. The van der Waals surface area contributed by atoms with Gasteiger partial charge in [-0.3, -0.25) is 10.1 Å². The second-order valence-corrected chi connectivity index (χ2v) is 8.68. The van der Waals surface area contributed by atoms with Gasteiger partial charge in [0.05, 0.1) is 17.6 Å². The lowest BCUT2D eigenvalue weighted by atomic mass is 9.90. The minimum absolute atomic E-state index is 0.0217. The molecule has 9 nitrogen and oxygen atoms in total. The van der Waals surface area contributed by atoms with Gasteiger partial charge in [-0.15, -0.1) is 0 Å². The smallest absolute Gasteiger partial charge is 0.293 e. The summed E-state index contributed by atoms with van der Waals surface area (Å²) in [5.74, 6) is 0.698. The number of rotatable bonds is 5. The van der Waals surface area contributed by atoms with E-state index in [1.54, 1.807) is 6.07 Å². The number of nitrogens with one attached hydrogen (secondary N) is 2. The molecule has 1 saturated carbocycles. The van der Waals surface area contributed by atoms with Crippen molar-refractivity contribution in [3.63, 3.8) is 0 Å². The topological polar surface area (TPSA) is 144 Å². The summed E-state index contributed by atoms with van der Waals surface area (Å²) in [6, 6.07) is 15.1. The average Bonchev–Trinajstić information content (AvgIpc) is 3.25. The third-order valence-electron chi connectivity index (χ3n) is 6.09. The van der Waals surface area contributed by atoms with Crippen molar-refractivity contribution in [3.05, 3.63) is 59.9 Å². The van der Waals surface area contributed by atoms with E-state index in [0.717, 1.165) is 47.5 Å². The minimum atomic E-state index is -0.412. The molecular formula is C25H27N7O2. The van der Waals surface area contributed by atoms with Crippen molar-refractivity contribution in [1.82, 2.24) is 9.97 Å². The monoisotopic (exact) mass is 457 g/mol. The maximum Gasteiger partial charge on any atom is 0.293 e. The van der Waals surface area contributed by atoms with Crippen molar-refractivity contribution in [1.29, 1.82) is 0 Å². The first kappa shape index (κ1) is 21.7. The van der Waals surface area contributed by atoms with E-state index >= 15 is 0 Å². The molecule has 2 aromatic carbocycles. The summed E-state index contributed by atoms with van der Waals surface area (Å²) in [7, 11) is 0. The molecule has 2 atom stereocenters. The van der Waals surface area contributed by atoms with E-state index in [2.05, 4.69) is 25.6 Å². The molecule has 0 spiro atoms. The van der Waals surface area contributed by atoms with Crippen LogP contribution in [0.15, 0.2) is 57.9 Å². The van der Waals surface area contributed by atoms with Crippen LogP contribution in [0.25, 0.3) is 21.9 Å². The molecule has 9 heteroatoms. The molecule has 0 radical (unpaired) electrons. The molecule has 0 saturated heterocycles. The fourth-order valence-electron chi connectivity index (χ4n) is 4.47. The van der Waals surface area contributed by atoms with E-state index < -0.39 is 5.91 Å². The van der Waals surface area contributed by atoms with Gasteiger partial charge in [-0.2, -0.15) is 4.98 Å². The van der Waals surface area contributed by atoms with Gasteiger partial charge in [-0.1, -0.05) is 42.7 Å². The third-order valence-corrected chi connectivity index (χ3v) is 6.09. The molecule has 5 rings (SSSR count). The Balaban J connectivity index is 1.48. The predicted molar refractivity (Wildman–Crippen MR) is 134 cm³/mol. The number of carbonyl (C=O) groups is 1. The van der Waals surface area contributed by atoms with Crippen LogP contribution in [-0.2, 0) is 0 Å². The number of amides is 1. The molecule has 0 bridgehead atoms. The zero-order valence-electron chi connectivity index (χ0n) is 18.9. The fourth-order valence-corrected chi connectivity index (χ4v) is 4.47. The summed E-state index contributed by atoms with van der Waals surface area (Å²) in [5.41, 5.74) is 13.8. The second kappa shape index (κ2) is 9.01. The second-order valence-electron chi connectivity index (χ2n) is 8.68. The van der Waals surface area contributed by atoms with Gasteiger partial charge in [0, 0.05) is 10.8 Å². The van der Waals surface area contributed by atoms with Crippen LogP contribution in [0.3, 0.4) is 0 Å². The van der Waals surface area contributed by atoms with Crippen LogP contribution in [0.1, 0.15) is 41.8 Å². The van der Waals surface area contributed by atoms with Gasteiger partial charge in [0.15, 0.2) is 11.7 Å². The van der Waals surface area contributed by atoms with Crippen LogP contribution in [0.4, 0.5) is 11.8 Å². The molecule has 34 heavy (non-hydrogen) atoms. The third kappa shape index (κ3) is 4.50. The Morgan fingerprint density at radius 2 is 1.91 bits per heavy atom. The Labute approximate surface area is 196 Å². The van der Waals surface area contributed by atoms with Crippen LogP contribution in [0.5, 0.6) is 0 Å². The van der Waals surface area contributed by atoms with E-state index in [9.17, 15) is 4.79 Å². The van der Waals surface area contributed by atoms with Crippen molar-refractivity contribution >= 4 is 45.5 Å². The Bertz CT molecular complexity index is 1360. The number of nitrogens with two attached hydrogens (primary N) is 2. The van der Waals surface area contributed by atoms with Crippen LogP contribution >= 0.6 is 0 Å². The van der Waals surface area contributed by atoms with Crippen LogP contribution in [0, 0.1) is 6.92 Å². The molecule has 1 aliphatic carbocycles. The highest BCUT2D eigenvalue weighted by molar-refractivity contribution is 6.04. The van der Waals surface area contributed by atoms with Crippen molar-refractivity contribution in [3.8, 4) is 0 Å². The minimum Gasteiger partial charge on any atom is -0.451 e. The van der Waals surface area contributed by atoms with E-state index in [4.69, 9.17) is 15.9 Å². The molecule has 4 aromatic rings. The highest BCUT2D eigenvalue weighted by Crippen LogP contribution is 2.29. The first-order valence-corrected chi connectivity index (χ1v) is 11.4. The van der Waals surface area contributed by atoms with E-state index in [-0.39, 0.29) is 29.8 Å². The van der Waals surface area contributed by atoms with Crippen molar-refractivity contribution in [2.24, 2.45) is 16.5 Å². The van der Waals surface area contributed by atoms with Crippen LogP contribution in [-0.4, -0.2) is 33.9 Å². The zero-order chi connectivity index (χ0) is 23.7. The highest BCUT2D eigenvalue weighted by Gasteiger charge is 2.26. The fraction of sp³-hybridized carbons (Fsp3) is 0.280. The van der Waals surface area contributed by atoms with Gasteiger partial charge in [0.1, 0.15) is 11.4 Å². The number of guanidine groups is 1. The average molecular weight is 458 g/mol. The molecule has 2 aromatic heterocycles. The number of aromatic nitrogens is 2. The van der Waals surface area contributed by atoms with Crippen molar-refractivity contribution in [2.75, 3.05) is 10.6 Å². The summed E-state index contributed by atoms with van der Waals surface area (Å²) in [6.45, 7) is 2.02. The molecule has 2 heterocycles. The SMILES string of the molecule is Cc1ccc2nc(NC(=O)c3cc4ccccc4o3)nc(N[C@@H]3CCCC[C@@H]3N=C(N)N)c2c1. The summed E-state index contributed by atoms with van der Waals surface area (Å²) in [5, 5.41) is 8.05. The number of anilines is 2. The van der Waals surface area contributed by atoms with Crippen LogP contribution in [0.2, 0.25) is 0 Å². The number of hydrogen-bond donors (Lipinski definition) is 4. The number of para-hydroxylation sites is 1. The molecule has 6 N–H and O–H groups in total. The van der Waals surface area contributed by atoms with Gasteiger partial charge >= 0.3 is 0 Å². The summed E-state index contributed by atoms with van der Waals surface area (Å²) in [4.78, 5) is 26.6. The highest BCUT2D eigenvalue weighted by atomic mass is 16.3. The number of hydrogen-bond acceptors (Lipinski definition) is 6. The van der Waals surface area contributed by atoms with Gasteiger partial charge in [-0.05, 0) is 44.0 Å². The molecule has 0 unspecified atom stereocenters. The Kier molecular flexibility index (Phi) is 5.75. The van der Waals surface area contributed by atoms with Crippen LogP contribution < -0.4 is 22.1 Å². The number of nitrogens with zero attached hydrogens (tertiary/aromatic N) is 3. The standard InChI is InChI=1S/C25H27N7O2/c1-14-10-11-17-16(12-14)22(28-18-7-3-4-8-19(18)29-24(26)27)31-25(30-17)32-23(33)21-13-15-6-2-5-9-20(15)34-21/h2,5-6,9-13,18-19H,3-4,7-8H2,1H3,(H4,26,27,29)(H2,28,30,31,32,33)/t18-,19+/m1/s1. The number of benzene rings is 2. The summed E-state index contributed by atoms with van der Waals surface area (Å²) in [6.07, 6.45) is 3.96. The molecular weight excluding hydrogens is 430 g/mol. The van der Waals surface area contributed by atoms with Gasteiger partial charge in [0.25, 0.3) is 5.91 Å². The van der Waals surface area contributed by atoms with E-state index in [0.29, 0.717) is 11.4 Å². The molecule has 1 fully saturated rings.